The molecule has 132 valence electrons. The fraction of sp³-hybridized carbons (Fsp3) is 0.368. The molecular formula is C19H23N3O3. The van der Waals surface area contributed by atoms with Gasteiger partial charge in [0.05, 0.1) is 24.5 Å². The van der Waals surface area contributed by atoms with Crippen LogP contribution in [-0.2, 0) is 4.74 Å². The number of anilines is 2. The minimum absolute atomic E-state index is 0.319. The van der Waals surface area contributed by atoms with Gasteiger partial charge in [-0.3, -0.25) is 0 Å². The fourth-order valence-electron chi connectivity index (χ4n) is 2.97. The Labute approximate surface area is 147 Å². The molecule has 1 N–H and O–H groups in total. The van der Waals surface area contributed by atoms with Gasteiger partial charge >= 0.3 is 5.97 Å². The summed E-state index contributed by atoms with van der Waals surface area (Å²) in [5.74, 6) is 0.583. The Morgan fingerprint density at radius 1 is 1.08 bits per heavy atom. The first kappa shape index (κ1) is 17.2. The molecule has 0 spiro atoms. The summed E-state index contributed by atoms with van der Waals surface area (Å²) in [5.41, 5.74) is 2.35. The molecular weight excluding hydrogens is 318 g/mol. The van der Waals surface area contributed by atoms with Crippen molar-refractivity contribution in [2.45, 2.75) is 13.0 Å². The summed E-state index contributed by atoms with van der Waals surface area (Å²) < 4.78 is 4.73. The molecule has 0 saturated carbocycles. The molecule has 6 heteroatoms. The smallest absolute Gasteiger partial charge is 0.337 e. The van der Waals surface area contributed by atoms with Gasteiger partial charge in [0, 0.05) is 31.9 Å². The maximum absolute atomic E-state index is 11.5. The third kappa shape index (κ3) is 3.91. The minimum Gasteiger partial charge on any atom is -0.465 e. The molecule has 0 amide bonds. The van der Waals surface area contributed by atoms with Crippen LogP contribution in [0.25, 0.3) is 0 Å². The Balaban J connectivity index is 1.64. The Morgan fingerprint density at radius 2 is 1.72 bits per heavy atom. The standard InChI is InChI=1S/C19H23N3O3/c1-14(23)17-4-3-5-18(20-17)22-12-10-21(11-13-22)16-8-6-15(7-9-16)19(24)25-2/h3-9,14,23H,10-13H2,1-2H3/t14-/m0/s1. The molecule has 25 heavy (non-hydrogen) atoms. The normalized spacial score (nSPS) is 15.8. The number of aromatic nitrogens is 1. The van der Waals surface area contributed by atoms with Crippen molar-refractivity contribution >= 4 is 17.5 Å². The number of esters is 1. The largest absolute Gasteiger partial charge is 0.465 e. The van der Waals surface area contributed by atoms with Gasteiger partial charge in [-0.2, -0.15) is 0 Å². The highest BCUT2D eigenvalue weighted by Crippen LogP contribution is 2.21. The fourth-order valence-corrected chi connectivity index (χ4v) is 2.97. The summed E-state index contributed by atoms with van der Waals surface area (Å²) in [6, 6.07) is 13.2. The van der Waals surface area contributed by atoms with E-state index >= 15 is 0 Å². The van der Waals surface area contributed by atoms with E-state index in [2.05, 4.69) is 14.8 Å². The number of ether oxygens (including phenoxy) is 1. The van der Waals surface area contributed by atoms with E-state index in [0.29, 0.717) is 11.3 Å². The van der Waals surface area contributed by atoms with Crippen molar-refractivity contribution in [3.05, 3.63) is 53.7 Å². The molecule has 1 saturated heterocycles. The van der Waals surface area contributed by atoms with Gasteiger partial charge in [-0.1, -0.05) is 6.07 Å². The first-order valence-electron chi connectivity index (χ1n) is 8.42. The highest BCUT2D eigenvalue weighted by atomic mass is 16.5. The van der Waals surface area contributed by atoms with E-state index in [4.69, 9.17) is 4.74 Å². The second-order valence-electron chi connectivity index (χ2n) is 6.11. The predicted octanol–water partition coefficient (Wildman–Crippen LogP) is 2.25. The Hall–Kier alpha value is -2.60. The van der Waals surface area contributed by atoms with E-state index in [-0.39, 0.29) is 5.97 Å². The third-order valence-corrected chi connectivity index (χ3v) is 4.44. The molecule has 1 aromatic heterocycles. The summed E-state index contributed by atoms with van der Waals surface area (Å²) in [6.07, 6.45) is -0.561. The lowest BCUT2D eigenvalue weighted by atomic mass is 10.2. The molecule has 6 nitrogen and oxygen atoms in total. The van der Waals surface area contributed by atoms with Gasteiger partial charge in [0.15, 0.2) is 0 Å². The van der Waals surface area contributed by atoms with Crippen molar-refractivity contribution in [1.29, 1.82) is 0 Å². The SMILES string of the molecule is COC(=O)c1ccc(N2CCN(c3cccc([C@H](C)O)n3)CC2)cc1. The molecule has 2 heterocycles. The Morgan fingerprint density at radius 3 is 2.32 bits per heavy atom. The number of piperazine rings is 1. The third-order valence-electron chi connectivity index (χ3n) is 4.44. The summed E-state index contributed by atoms with van der Waals surface area (Å²) in [4.78, 5) is 20.6. The van der Waals surface area contributed by atoms with E-state index in [0.717, 1.165) is 37.7 Å². The molecule has 0 unspecified atom stereocenters. The number of aliphatic hydroxyl groups is 1. The van der Waals surface area contributed by atoms with Crippen molar-refractivity contribution in [2.24, 2.45) is 0 Å². The highest BCUT2D eigenvalue weighted by molar-refractivity contribution is 5.89. The van der Waals surface area contributed by atoms with Gasteiger partial charge in [0.2, 0.25) is 0 Å². The maximum Gasteiger partial charge on any atom is 0.337 e. The molecule has 0 radical (unpaired) electrons. The van der Waals surface area contributed by atoms with E-state index in [9.17, 15) is 9.90 Å². The Bertz CT molecular complexity index is 723. The lowest BCUT2D eigenvalue weighted by Gasteiger charge is -2.37. The number of aliphatic hydroxyl groups excluding tert-OH is 1. The summed E-state index contributed by atoms with van der Waals surface area (Å²) >= 11 is 0. The summed E-state index contributed by atoms with van der Waals surface area (Å²) in [7, 11) is 1.38. The van der Waals surface area contributed by atoms with Crippen molar-refractivity contribution < 1.29 is 14.6 Å². The summed E-state index contributed by atoms with van der Waals surface area (Å²) in [6.45, 7) is 5.18. The van der Waals surface area contributed by atoms with Crippen LogP contribution in [0, 0.1) is 0 Å². The molecule has 1 aliphatic heterocycles. The van der Waals surface area contributed by atoms with Gasteiger partial charge in [-0.05, 0) is 43.3 Å². The topological polar surface area (TPSA) is 65.9 Å². The number of nitrogens with zero attached hydrogens (tertiary/aromatic N) is 3. The van der Waals surface area contributed by atoms with Crippen molar-refractivity contribution in [2.75, 3.05) is 43.1 Å². The van der Waals surface area contributed by atoms with E-state index < -0.39 is 6.10 Å². The zero-order valence-corrected chi connectivity index (χ0v) is 14.6. The number of pyridine rings is 1. The van der Waals surface area contributed by atoms with Crippen LogP contribution in [0.4, 0.5) is 11.5 Å². The van der Waals surface area contributed by atoms with Crippen LogP contribution < -0.4 is 9.80 Å². The van der Waals surface area contributed by atoms with Crippen LogP contribution in [0.5, 0.6) is 0 Å². The van der Waals surface area contributed by atoms with Crippen LogP contribution in [-0.4, -0.2) is 49.3 Å². The number of benzene rings is 1. The van der Waals surface area contributed by atoms with E-state index in [1.54, 1.807) is 19.1 Å². The zero-order valence-electron chi connectivity index (χ0n) is 14.6. The first-order chi connectivity index (χ1) is 12.1. The average molecular weight is 341 g/mol. The lowest BCUT2D eigenvalue weighted by molar-refractivity contribution is 0.0600. The van der Waals surface area contributed by atoms with Crippen LogP contribution in [0.2, 0.25) is 0 Å². The Kier molecular flexibility index (Phi) is 5.19. The molecule has 1 aliphatic rings. The molecule has 0 aliphatic carbocycles. The van der Waals surface area contributed by atoms with Crippen LogP contribution in [0.3, 0.4) is 0 Å². The molecule has 1 aromatic carbocycles. The predicted molar refractivity (Wildman–Crippen MR) is 97.1 cm³/mol. The van der Waals surface area contributed by atoms with Crippen molar-refractivity contribution in [3.63, 3.8) is 0 Å². The minimum atomic E-state index is -0.561. The molecule has 3 rings (SSSR count). The quantitative estimate of drug-likeness (QED) is 0.861. The second kappa shape index (κ2) is 7.53. The average Bonchev–Trinajstić information content (AvgIpc) is 2.67. The van der Waals surface area contributed by atoms with Gasteiger partial charge in [-0.25, -0.2) is 9.78 Å². The van der Waals surface area contributed by atoms with Gasteiger partial charge < -0.3 is 19.6 Å². The molecule has 0 bridgehead atoms. The summed E-state index contributed by atoms with van der Waals surface area (Å²) in [5, 5.41) is 9.69. The number of carbonyl (C=O) groups is 1. The molecule has 2 aromatic rings. The van der Waals surface area contributed by atoms with E-state index in [1.165, 1.54) is 7.11 Å². The second-order valence-corrected chi connectivity index (χ2v) is 6.11. The number of hydrogen-bond acceptors (Lipinski definition) is 6. The van der Waals surface area contributed by atoms with Crippen LogP contribution in [0.15, 0.2) is 42.5 Å². The van der Waals surface area contributed by atoms with Gasteiger partial charge in [0.1, 0.15) is 5.82 Å². The monoisotopic (exact) mass is 341 g/mol. The maximum atomic E-state index is 11.5. The van der Waals surface area contributed by atoms with Gasteiger partial charge in [0.25, 0.3) is 0 Å². The molecule has 1 atom stereocenters. The zero-order chi connectivity index (χ0) is 17.8. The number of carbonyl (C=O) groups excluding carboxylic acids is 1. The number of rotatable bonds is 4. The van der Waals surface area contributed by atoms with Crippen LogP contribution >= 0.6 is 0 Å². The lowest BCUT2D eigenvalue weighted by Crippen LogP contribution is -2.46. The number of methoxy groups -OCH3 is 1. The van der Waals surface area contributed by atoms with E-state index in [1.807, 2.05) is 30.3 Å². The van der Waals surface area contributed by atoms with Crippen molar-refractivity contribution in [3.8, 4) is 0 Å². The first-order valence-corrected chi connectivity index (χ1v) is 8.42. The number of hydrogen-bond donors (Lipinski definition) is 1. The van der Waals surface area contributed by atoms with Gasteiger partial charge in [-0.15, -0.1) is 0 Å². The molecule has 1 fully saturated rings. The van der Waals surface area contributed by atoms with Crippen molar-refractivity contribution in [1.82, 2.24) is 4.98 Å². The van der Waals surface area contributed by atoms with Crippen LogP contribution in [0.1, 0.15) is 29.1 Å². The highest BCUT2D eigenvalue weighted by Gasteiger charge is 2.19.